The SMILES string of the molecule is CCOC(=O)c1cccc(S(=O)(=O)NCCNC(=O)Cc2ccccc2)c1. The van der Waals surface area contributed by atoms with Crippen molar-refractivity contribution in [2.24, 2.45) is 0 Å². The third-order valence-corrected chi connectivity index (χ3v) is 5.06. The molecular weight excluding hydrogens is 368 g/mol. The van der Waals surface area contributed by atoms with Crippen molar-refractivity contribution in [3.05, 3.63) is 65.7 Å². The predicted molar refractivity (Wildman–Crippen MR) is 101 cm³/mol. The van der Waals surface area contributed by atoms with Crippen molar-refractivity contribution in [1.29, 1.82) is 0 Å². The number of carbonyl (C=O) groups excluding carboxylic acids is 2. The van der Waals surface area contributed by atoms with Gasteiger partial charge in [-0.05, 0) is 30.7 Å². The van der Waals surface area contributed by atoms with E-state index in [9.17, 15) is 18.0 Å². The molecule has 0 aliphatic rings. The molecule has 2 rings (SSSR count). The molecule has 0 aliphatic carbocycles. The van der Waals surface area contributed by atoms with Crippen molar-refractivity contribution in [3.63, 3.8) is 0 Å². The lowest BCUT2D eigenvalue weighted by Gasteiger charge is -2.09. The highest BCUT2D eigenvalue weighted by Gasteiger charge is 2.16. The Morgan fingerprint density at radius 1 is 1.00 bits per heavy atom. The lowest BCUT2D eigenvalue weighted by atomic mass is 10.1. The third-order valence-electron chi connectivity index (χ3n) is 3.60. The van der Waals surface area contributed by atoms with Gasteiger partial charge in [-0.1, -0.05) is 36.4 Å². The second kappa shape index (κ2) is 9.84. The van der Waals surface area contributed by atoms with Crippen LogP contribution < -0.4 is 10.0 Å². The first-order valence-corrected chi connectivity index (χ1v) is 9.98. The maximum Gasteiger partial charge on any atom is 0.338 e. The van der Waals surface area contributed by atoms with Crippen molar-refractivity contribution in [2.45, 2.75) is 18.2 Å². The molecule has 0 spiro atoms. The Balaban J connectivity index is 1.85. The van der Waals surface area contributed by atoms with E-state index in [2.05, 4.69) is 10.0 Å². The van der Waals surface area contributed by atoms with Gasteiger partial charge in [0.2, 0.25) is 15.9 Å². The molecule has 0 saturated heterocycles. The lowest BCUT2D eigenvalue weighted by molar-refractivity contribution is -0.120. The molecule has 0 saturated carbocycles. The van der Waals surface area contributed by atoms with Crippen LogP contribution in [0.1, 0.15) is 22.8 Å². The molecular formula is C19H22N2O5S. The number of hydrogen-bond donors (Lipinski definition) is 2. The third kappa shape index (κ3) is 6.50. The van der Waals surface area contributed by atoms with Gasteiger partial charge in [-0.2, -0.15) is 0 Å². The zero-order valence-corrected chi connectivity index (χ0v) is 15.8. The van der Waals surface area contributed by atoms with Gasteiger partial charge in [0.05, 0.1) is 23.5 Å². The molecule has 0 fully saturated rings. The minimum absolute atomic E-state index is 0.0342. The van der Waals surface area contributed by atoms with Crippen LogP contribution in [0.2, 0.25) is 0 Å². The topological polar surface area (TPSA) is 102 Å². The first-order valence-electron chi connectivity index (χ1n) is 8.50. The summed E-state index contributed by atoms with van der Waals surface area (Å²) in [6, 6.07) is 14.9. The van der Waals surface area contributed by atoms with Crippen LogP contribution >= 0.6 is 0 Å². The van der Waals surface area contributed by atoms with Gasteiger partial charge in [0.15, 0.2) is 0 Å². The minimum Gasteiger partial charge on any atom is -0.462 e. The Bertz CT molecular complexity index is 882. The van der Waals surface area contributed by atoms with Crippen molar-refractivity contribution in [3.8, 4) is 0 Å². The van der Waals surface area contributed by atoms with E-state index < -0.39 is 16.0 Å². The van der Waals surface area contributed by atoms with Gasteiger partial charge in [-0.25, -0.2) is 17.9 Å². The first kappa shape index (κ1) is 20.6. The summed E-state index contributed by atoms with van der Waals surface area (Å²) >= 11 is 0. The molecule has 0 bridgehead atoms. The van der Waals surface area contributed by atoms with E-state index in [-0.39, 0.29) is 42.5 Å². The second-order valence-electron chi connectivity index (χ2n) is 5.66. The molecule has 2 aromatic rings. The van der Waals surface area contributed by atoms with E-state index >= 15 is 0 Å². The molecule has 1 amide bonds. The van der Waals surface area contributed by atoms with Gasteiger partial charge < -0.3 is 10.1 Å². The van der Waals surface area contributed by atoms with Crippen LogP contribution in [0.3, 0.4) is 0 Å². The summed E-state index contributed by atoms with van der Waals surface area (Å²) in [7, 11) is -3.80. The quantitative estimate of drug-likeness (QED) is 0.499. The van der Waals surface area contributed by atoms with Gasteiger partial charge >= 0.3 is 5.97 Å². The summed E-state index contributed by atoms with van der Waals surface area (Å²) in [5.41, 5.74) is 1.04. The summed E-state index contributed by atoms with van der Waals surface area (Å²) in [6.07, 6.45) is 0.231. The van der Waals surface area contributed by atoms with Crippen LogP contribution in [0.5, 0.6) is 0 Å². The van der Waals surface area contributed by atoms with Crippen molar-refractivity contribution in [1.82, 2.24) is 10.0 Å². The second-order valence-corrected chi connectivity index (χ2v) is 7.43. The number of esters is 1. The van der Waals surface area contributed by atoms with Crippen molar-refractivity contribution in [2.75, 3.05) is 19.7 Å². The molecule has 0 radical (unpaired) electrons. The smallest absolute Gasteiger partial charge is 0.338 e. The van der Waals surface area contributed by atoms with Crippen LogP contribution in [0.4, 0.5) is 0 Å². The molecule has 0 atom stereocenters. The Morgan fingerprint density at radius 3 is 2.44 bits per heavy atom. The number of hydrogen-bond acceptors (Lipinski definition) is 5. The summed E-state index contributed by atoms with van der Waals surface area (Å²) in [5, 5.41) is 2.66. The molecule has 0 unspecified atom stereocenters. The Morgan fingerprint density at radius 2 is 1.74 bits per heavy atom. The van der Waals surface area contributed by atoms with Crippen molar-refractivity contribution < 1.29 is 22.7 Å². The van der Waals surface area contributed by atoms with E-state index in [0.29, 0.717) is 0 Å². The summed E-state index contributed by atoms with van der Waals surface area (Å²) in [4.78, 5) is 23.5. The monoisotopic (exact) mass is 390 g/mol. The van der Waals surface area contributed by atoms with Crippen molar-refractivity contribution >= 4 is 21.9 Å². The van der Waals surface area contributed by atoms with E-state index in [0.717, 1.165) is 5.56 Å². The van der Waals surface area contributed by atoms with Crippen LogP contribution in [0, 0.1) is 0 Å². The van der Waals surface area contributed by atoms with Gasteiger partial charge in [0.1, 0.15) is 0 Å². The van der Waals surface area contributed by atoms with Crippen LogP contribution in [0.15, 0.2) is 59.5 Å². The molecule has 8 heteroatoms. The molecule has 2 aromatic carbocycles. The normalized spacial score (nSPS) is 11.0. The molecule has 7 nitrogen and oxygen atoms in total. The predicted octanol–water partition coefficient (Wildman–Crippen LogP) is 1.50. The summed E-state index contributed by atoms with van der Waals surface area (Å²) in [5.74, 6) is -0.771. The minimum atomic E-state index is -3.80. The summed E-state index contributed by atoms with van der Waals surface area (Å²) < 4.78 is 31.9. The first-order chi connectivity index (χ1) is 12.9. The standard InChI is InChI=1S/C19H22N2O5S/c1-2-26-19(23)16-9-6-10-17(14-16)27(24,25)21-12-11-20-18(22)13-15-7-4-3-5-8-15/h3-10,14,21H,2,11-13H2,1H3,(H,20,22). The zero-order chi connectivity index (χ0) is 19.7. The Kier molecular flexibility index (Phi) is 7.51. The summed E-state index contributed by atoms with van der Waals surface area (Å²) in [6.45, 7) is 2.07. The number of carbonyl (C=O) groups is 2. The molecule has 144 valence electrons. The Hall–Kier alpha value is -2.71. The number of sulfonamides is 1. The van der Waals surface area contributed by atoms with E-state index in [1.54, 1.807) is 6.92 Å². The van der Waals surface area contributed by atoms with Gasteiger partial charge in [0.25, 0.3) is 0 Å². The average molecular weight is 390 g/mol. The fourth-order valence-electron chi connectivity index (χ4n) is 2.32. The van der Waals surface area contributed by atoms with E-state index in [1.807, 2.05) is 30.3 Å². The number of ether oxygens (including phenoxy) is 1. The number of nitrogens with one attached hydrogen (secondary N) is 2. The number of benzene rings is 2. The molecule has 0 aliphatic heterocycles. The number of rotatable bonds is 9. The fraction of sp³-hybridized carbons (Fsp3) is 0.263. The highest BCUT2D eigenvalue weighted by Crippen LogP contribution is 2.12. The van der Waals surface area contributed by atoms with Crippen LogP contribution in [0.25, 0.3) is 0 Å². The largest absolute Gasteiger partial charge is 0.462 e. The van der Waals surface area contributed by atoms with E-state index in [4.69, 9.17) is 4.74 Å². The molecule has 2 N–H and O–H groups in total. The average Bonchev–Trinajstić information content (AvgIpc) is 2.66. The fourth-order valence-corrected chi connectivity index (χ4v) is 3.40. The van der Waals surface area contributed by atoms with Gasteiger partial charge in [-0.3, -0.25) is 4.79 Å². The van der Waals surface area contributed by atoms with Gasteiger partial charge in [-0.15, -0.1) is 0 Å². The van der Waals surface area contributed by atoms with Gasteiger partial charge in [0, 0.05) is 13.1 Å². The zero-order valence-electron chi connectivity index (χ0n) is 15.0. The lowest BCUT2D eigenvalue weighted by Crippen LogP contribution is -2.35. The Labute approximate surface area is 158 Å². The maximum absolute atomic E-state index is 12.3. The maximum atomic E-state index is 12.3. The number of amides is 1. The highest BCUT2D eigenvalue weighted by atomic mass is 32.2. The molecule has 0 aromatic heterocycles. The molecule has 0 heterocycles. The van der Waals surface area contributed by atoms with E-state index in [1.165, 1.54) is 24.3 Å². The van der Waals surface area contributed by atoms with Crippen LogP contribution in [-0.2, 0) is 26.0 Å². The highest BCUT2D eigenvalue weighted by molar-refractivity contribution is 7.89. The molecule has 27 heavy (non-hydrogen) atoms. The van der Waals surface area contributed by atoms with Crippen LogP contribution in [-0.4, -0.2) is 40.0 Å².